The van der Waals surface area contributed by atoms with Crippen molar-refractivity contribution in [1.82, 2.24) is 0 Å². The molecule has 10 heteroatoms. The van der Waals surface area contributed by atoms with Gasteiger partial charge in [-0.25, -0.2) is 0 Å². The molecule has 2 unspecified atom stereocenters. The Balaban J connectivity index is 1.41. The number of benzene rings is 4. The van der Waals surface area contributed by atoms with Crippen LogP contribution >= 0.6 is 31.9 Å². The van der Waals surface area contributed by atoms with E-state index in [1.54, 1.807) is 0 Å². The van der Waals surface area contributed by atoms with E-state index in [9.17, 15) is 0 Å². The zero-order chi connectivity index (χ0) is 42.7. The van der Waals surface area contributed by atoms with Gasteiger partial charge in [-0.1, -0.05) is 105 Å². The van der Waals surface area contributed by atoms with Gasteiger partial charge in [-0.05, 0) is 81.8 Å². The van der Waals surface area contributed by atoms with E-state index in [0.29, 0.717) is 0 Å². The van der Waals surface area contributed by atoms with Crippen molar-refractivity contribution in [2.24, 2.45) is 0 Å². The summed E-state index contributed by atoms with van der Waals surface area (Å²) in [5, 5.41) is 0. The zero-order valence-corrected chi connectivity index (χ0v) is 40.1. The van der Waals surface area contributed by atoms with Crippen LogP contribution in [0.1, 0.15) is 199 Å². The molecule has 0 aromatic heterocycles. The molecule has 4 aliphatic heterocycles. The van der Waals surface area contributed by atoms with Crippen molar-refractivity contribution < 1.29 is 37.9 Å². The Morgan fingerprint density at radius 1 is 0.339 bits per heavy atom. The Morgan fingerprint density at radius 2 is 0.581 bits per heavy atom. The van der Waals surface area contributed by atoms with Gasteiger partial charge in [-0.2, -0.15) is 0 Å². The number of hydrogen-bond acceptors (Lipinski definition) is 8. The lowest BCUT2D eigenvalue weighted by molar-refractivity contribution is 0.0969. The third-order valence-electron chi connectivity index (χ3n) is 13.8. The molecule has 0 radical (unpaired) electrons. The lowest BCUT2D eigenvalue weighted by atomic mass is 9.76. The van der Waals surface area contributed by atoms with Gasteiger partial charge in [0, 0.05) is 80.3 Å². The number of unbranched alkanes of at least 4 members (excludes halogenated alkanes) is 8. The summed E-state index contributed by atoms with van der Waals surface area (Å²) in [6.07, 6.45) is 17.1. The van der Waals surface area contributed by atoms with Gasteiger partial charge < -0.3 is 37.9 Å². The summed E-state index contributed by atoms with van der Waals surface area (Å²) in [6, 6.07) is 13.9. The van der Waals surface area contributed by atoms with Crippen LogP contribution in [0.15, 0.2) is 45.3 Å². The van der Waals surface area contributed by atoms with Gasteiger partial charge in [-0.3, -0.25) is 0 Å². The first-order valence-corrected chi connectivity index (χ1v) is 25.1. The summed E-state index contributed by atoms with van der Waals surface area (Å²) in [5.74, 6) is 6.21. The first-order chi connectivity index (χ1) is 30.4. The highest BCUT2D eigenvalue weighted by Gasteiger charge is 2.39. The van der Waals surface area contributed by atoms with Crippen LogP contribution in [0.4, 0.5) is 0 Å². The molecule has 0 amide bonds. The molecule has 9 rings (SSSR count). The fourth-order valence-corrected chi connectivity index (χ4v) is 12.0. The second-order valence-electron chi connectivity index (χ2n) is 17.7. The average Bonchev–Trinajstić information content (AvgIpc) is 3.25. The fourth-order valence-electron chi connectivity index (χ4n) is 10.6. The predicted molar refractivity (Wildman–Crippen MR) is 250 cm³/mol. The summed E-state index contributed by atoms with van der Waals surface area (Å²) in [4.78, 5) is 0. The van der Waals surface area contributed by atoms with Crippen molar-refractivity contribution in [3.63, 3.8) is 0 Å². The van der Waals surface area contributed by atoms with Crippen molar-refractivity contribution in [3.05, 3.63) is 89.9 Å². The molecule has 4 aromatic carbocycles. The predicted octanol–water partition coefficient (Wildman–Crippen LogP) is 15.3. The van der Waals surface area contributed by atoms with Crippen LogP contribution in [0.2, 0.25) is 0 Å². The standard InChI is InChI=1S/C52H62Br2O8/c1-5-9-13-17-31-35-21-37-32(18-14-10-6-2)39-23-41-34(20-16-12-8-4)42-24-40-33(19-15-11-7-3)38-22-36(31)44-26-46(38)58-29-60-50(40)48(54)52(42)62-30-61-51(41)47(53)49(39)59-28-57-45(37)25-43(35)55-27-56-44/h21-26,31-34H,5-20,27-30H2,1-4H3. The largest absolute Gasteiger partial charge is 0.457 e. The van der Waals surface area contributed by atoms with Crippen LogP contribution < -0.4 is 37.9 Å². The molecule has 0 saturated carbocycles. The van der Waals surface area contributed by atoms with E-state index in [1.807, 2.05) is 0 Å². The minimum absolute atomic E-state index is 0.00921. The second-order valence-corrected chi connectivity index (χ2v) is 19.3. The minimum Gasteiger partial charge on any atom is -0.457 e. The van der Waals surface area contributed by atoms with Crippen molar-refractivity contribution in [2.75, 3.05) is 27.2 Å². The van der Waals surface area contributed by atoms with Gasteiger partial charge in [0.25, 0.3) is 0 Å². The van der Waals surface area contributed by atoms with Crippen molar-refractivity contribution in [3.8, 4) is 46.0 Å². The van der Waals surface area contributed by atoms with Crippen LogP contribution in [0.25, 0.3) is 0 Å². The number of halogens is 2. The second kappa shape index (κ2) is 19.5. The molecule has 1 aliphatic carbocycles. The molecule has 0 fully saturated rings. The minimum atomic E-state index is -0.0379. The quantitative estimate of drug-likeness (QED) is 0.103. The summed E-state index contributed by atoms with van der Waals surface area (Å²) >= 11 is 8.20. The summed E-state index contributed by atoms with van der Waals surface area (Å²) in [5.41, 5.74) is 9.32. The summed E-state index contributed by atoms with van der Waals surface area (Å²) < 4.78 is 54.8. The molecule has 4 heterocycles. The molecular weight excluding hydrogens is 912 g/mol. The molecule has 8 nitrogen and oxygen atoms in total. The molecule has 0 N–H and O–H groups in total. The topological polar surface area (TPSA) is 73.8 Å². The smallest absolute Gasteiger partial charge is 0.231 e. The van der Waals surface area contributed by atoms with Crippen molar-refractivity contribution >= 4 is 31.9 Å². The van der Waals surface area contributed by atoms with Crippen molar-refractivity contribution in [1.29, 1.82) is 0 Å². The highest BCUT2D eigenvalue weighted by Crippen LogP contribution is 2.58. The lowest BCUT2D eigenvalue weighted by Crippen LogP contribution is -2.23. The zero-order valence-electron chi connectivity index (χ0n) is 36.9. The van der Waals surface area contributed by atoms with E-state index >= 15 is 0 Å². The lowest BCUT2D eigenvalue weighted by Gasteiger charge is -2.36. The van der Waals surface area contributed by atoms with Gasteiger partial charge in [0.2, 0.25) is 27.2 Å². The molecule has 0 spiro atoms. The van der Waals surface area contributed by atoms with Gasteiger partial charge in [0.15, 0.2) is 0 Å². The Hall–Kier alpha value is -3.76. The molecule has 4 aromatic rings. The molecule has 2 atom stereocenters. The van der Waals surface area contributed by atoms with E-state index < -0.39 is 0 Å². The highest BCUT2D eigenvalue weighted by molar-refractivity contribution is 9.11. The Labute approximate surface area is 384 Å². The van der Waals surface area contributed by atoms with Crippen LogP contribution in [-0.4, -0.2) is 27.2 Å². The monoisotopic (exact) mass is 972 g/mol. The fraction of sp³-hybridized carbons (Fsp3) is 0.538. The molecular formula is C52H62Br2O8. The van der Waals surface area contributed by atoms with E-state index in [0.717, 1.165) is 180 Å². The maximum atomic E-state index is 6.70. The molecule has 8 bridgehead atoms. The first kappa shape index (κ1) is 43.5. The number of rotatable bonds is 16. The molecule has 0 saturated heterocycles. The van der Waals surface area contributed by atoms with Gasteiger partial charge in [0.1, 0.15) is 54.9 Å². The Bertz CT molecular complexity index is 2110. The van der Waals surface area contributed by atoms with E-state index in [4.69, 9.17) is 37.9 Å². The molecule has 332 valence electrons. The van der Waals surface area contributed by atoms with Crippen LogP contribution in [0.5, 0.6) is 46.0 Å². The number of hydrogen-bond donors (Lipinski definition) is 0. The average molecular weight is 975 g/mol. The summed E-state index contributed by atoms with van der Waals surface area (Å²) in [7, 11) is 0. The van der Waals surface area contributed by atoms with Crippen LogP contribution in [0, 0.1) is 0 Å². The van der Waals surface area contributed by atoms with Gasteiger partial charge >= 0.3 is 0 Å². The Kier molecular flexibility index (Phi) is 13.7. The maximum Gasteiger partial charge on any atom is 0.231 e. The van der Waals surface area contributed by atoms with E-state index in [2.05, 4.69) is 96.0 Å². The first-order valence-electron chi connectivity index (χ1n) is 23.6. The third kappa shape index (κ3) is 8.25. The van der Waals surface area contributed by atoms with Crippen LogP contribution in [0.3, 0.4) is 0 Å². The molecule has 5 aliphatic rings. The third-order valence-corrected chi connectivity index (χ3v) is 15.3. The summed E-state index contributed by atoms with van der Waals surface area (Å²) in [6.45, 7) is 9.26. The Morgan fingerprint density at radius 3 is 0.887 bits per heavy atom. The number of ether oxygens (including phenoxy) is 8. The van der Waals surface area contributed by atoms with Gasteiger partial charge in [-0.15, -0.1) is 0 Å². The van der Waals surface area contributed by atoms with Crippen LogP contribution in [-0.2, 0) is 0 Å². The SMILES string of the molecule is CCCCCC1c2cc3c4cc2OCOc2cc5c(cc21)C(CCCCC)c1cc2c(c(Br)c1OCO5)OCOc1c(cc(c(c1Br)OCO4)C3CCCCC)C2CCCCC. The molecule has 62 heavy (non-hydrogen) atoms. The van der Waals surface area contributed by atoms with Gasteiger partial charge in [0.05, 0.1) is 0 Å². The normalized spacial score (nSPS) is 20.0. The maximum absolute atomic E-state index is 6.70. The highest BCUT2D eigenvalue weighted by atomic mass is 79.9. The van der Waals surface area contributed by atoms with Crippen molar-refractivity contribution in [2.45, 2.75) is 154 Å². The van der Waals surface area contributed by atoms with E-state index in [-0.39, 0.29) is 50.8 Å². The van der Waals surface area contributed by atoms with E-state index in [1.165, 1.54) is 22.3 Å².